The summed E-state index contributed by atoms with van der Waals surface area (Å²) in [6.07, 6.45) is 0. The summed E-state index contributed by atoms with van der Waals surface area (Å²) in [6, 6.07) is 6.28. The third-order valence-electron chi connectivity index (χ3n) is 3.80. The Hall–Kier alpha value is -1.46. The number of benzene rings is 1. The standard InChI is InChI=1S/C16H27N3O2/c1-12(2)18(13(3)4)10-9-17-11-15-7-6-8-16(14(15)5)19(20)21/h6-8,12-13,17H,9-11H2,1-5H3. The lowest BCUT2D eigenvalue weighted by Crippen LogP contribution is -2.41. The summed E-state index contributed by atoms with van der Waals surface area (Å²) in [5.74, 6) is 0. The maximum atomic E-state index is 10.9. The van der Waals surface area contributed by atoms with Gasteiger partial charge in [-0.05, 0) is 40.2 Å². The highest BCUT2D eigenvalue weighted by Gasteiger charge is 2.14. The van der Waals surface area contributed by atoms with Crippen molar-refractivity contribution in [2.45, 2.75) is 53.2 Å². The maximum absolute atomic E-state index is 10.9. The fraction of sp³-hybridized carbons (Fsp3) is 0.625. The van der Waals surface area contributed by atoms with Crippen LogP contribution in [0.3, 0.4) is 0 Å². The van der Waals surface area contributed by atoms with Crippen molar-refractivity contribution in [1.82, 2.24) is 10.2 Å². The van der Waals surface area contributed by atoms with E-state index < -0.39 is 0 Å². The molecule has 0 saturated carbocycles. The largest absolute Gasteiger partial charge is 0.311 e. The van der Waals surface area contributed by atoms with Crippen LogP contribution < -0.4 is 5.32 Å². The van der Waals surface area contributed by atoms with Crippen LogP contribution in [-0.2, 0) is 6.54 Å². The molecule has 0 unspecified atom stereocenters. The van der Waals surface area contributed by atoms with Gasteiger partial charge in [-0.2, -0.15) is 0 Å². The number of nitro benzene ring substituents is 1. The number of nitrogens with zero attached hydrogens (tertiary/aromatic N) is 2. The predicted molar refractivity (Wildman–Crippen MR) is 86.5 cm³/mol. The lowest BCUT2D eigenvalue weighted by molar-refractivity contribution is -0.385. The van der Waals surface area contributed by atoms with E-state index in [4.69, 9.17) is 0 Å². The van der Waals surface area contributed by atoms with E-state index in [1.807, 2.05) is 13.0 Å². The van der Waals surface area contributed by atoms with E-state index in [9.17, 15) is 10.1 Å². The lowest BCUT2D eigenvalue weighted by Gasteiger charge is -2.30. The van der Waals surface area contributed by atoms with Gasteiger partial charge in [0.05, 0.1) is 4.92 Å². The Labute approximate surface area is 127 Å². The number of nitro groups is 1. The second kappa shape index (κ2) is 8.10. The van der Waals surface area contributed by atoms with Gasteiger partial charge in [0.2, 0.25) is 0 Å². The van der Waals surface area contributed by atoms with Gasteiger partial charge in [0.1, 0.15) is 0 Å². The van der Waals surface area contributed by atoms with Gasteiger partial charge in [0.25, 0.3) is 5.69 Å². The summed E-state index contributed by atoms with van der Waals surface area (Å²) in [6.45, 7) is 13.1. The zero-order valence-corrected chi connectivity index (χ0v) is 13.7. The fourth-order valence-electron chi connectivity index (χ4n) is 2.60. The van der Waals surface area contributed by atoms with Gasteiger partial charge in [0, 0.05) is 43.3 Å². The zero-order valence-electron chi connectivity index (χ0n) is 13.7. The number of hydrogen-bond acceptors (Lipinski definition) is 4. The SMILES string of the molecule is Cc1c(CNCCN(C(C)C)C(C)C)cccc1[N+](=O)[O-]. The summed E-state index contributed by atoms with van der Waals surface area (Å²) in [5.41, 5.74) is 1.93. The molecule has 5 nitrogen and oxygen atoms in total. The van der Waals surface area contributed by atoms with Gasteiger partial charge >= 0.3 is 0 Å². The van der Waals surface area contributed by atoms with Gasteiger partial charge in [-0.15, -0.1) is 0 Å². The third-order valence-corrected chi connectivity index (χ3v) is 3.80. The van der Waals surface area contributed by atoms with E-state index in [1.165, 1.54) is 0 Å². The molecule has 0 heterocycles. The molecule has 0 atom stereocenters. The Morgan fingerprint density at radius 1 is 1.24 bits per heavy atom. The van der Waals surface area contributed by atoms with Gasteiger partial charge < -0.3 is 5.32 Å². The first-order valence-corrected chi connectivity index (χ1v) is 7.54. The molecular weight excluding hydrogens is 266 g/mol. The summed E-state index contributed by atoms with van der Waals surface area (Å²) in [5, 5.41) is 14.3. The summed E-state index contributed by atoms with van der Waals surface area (Å²) >= 11 is 0. The van der Waals surface area contributed by atoms with Crippen molar-refractivity contribution in [3.05, 3.63) is 39.4 Å². The van der Waals surface area contributed by atoms with Crippen molar-refractivity contribution in [2.75, 3.05) is 13.1 Å². The molecule has 0 amide bonds. The molecule has 1 aromatic carbocycles. The monoisotopic (exact) mass is 293 g/mol. The zero-order chi connectivity index (χ0) is 16.0. The van der Waals surface area contributed by atoms with Crippen molar-refractivity contribution >= 4 is 5.69 Å². The van der Waals surface area contributed by atoms with Crippen LogP contribution in [0.4, 0.5) is 5.69 Å². The molecule has 1 aromatic rings. The molecule has 0 bridgehead atoms. The predicted octanol–water partition coefficient (Wildman–Crippen LogP) is 3.11. The maximum Gasteiger partial charge on any atom is 0.272 e. The van der Waals surface area contributed by atoms with Gasteiger partial charge in [-0.25, -0.2) is 0 Å². The minimum absolute atomic E-state index is 0.195. The normalized spacial score (nSPS) is 11.6. The van der Waals surface area contributed by atoms with Crippen LogP contribution in [0.5, 0.6) is 0 Å². The Morgan fingerprint density at radius 2 is 1.86 bits per heavy atom. The average molecular weight is 293 g/mol. The van der Waals surface area contributed by atoms with Crippen LogP contribution in [0.2, 0.25) is 0 Å². The lowest BCUT2D eigenvalue weighted by atomic mass is 10.1. The van der Waals surface area contributed by atoms with Crippen molar-refractivity contribution in [2.24, 2.45) is 0 Å². The Kier molecular flexibility index (Phi) is 6.78. The molecule has 0 aliphatic carbocycles. The Balaban J connectivity index is 2.53. The molecule has 0 aromatic heterocycles. The Bertz CT molecular complexity index is 465. The van der Waals surface area contributed by atoms with Crippen molar-refractivity contribution in [3.63, 3.8) is 0 Å². The smallest absolute Gasteiger partial charge is 0.272 e. The highest BCUT2D eigenvalue weighted by molar-refractivity contribution is 5.44. The summed E-state index contributed by atoms with van der Waals surface area (Å²) in [4.78, 5) is 13.0. The van der Waals surface area contributed by atoms with Gasteiger partial charge in [-0.3, -0.25) is 15.0 Å². The van der Waals surface area contributed by atoms with Crippen LogP contribution in [0.25, 0.3) is 0 Å². The van der Waals surface area contributed by atoms with Crippen LogP contribution in [-0.4, -0.2) is 35.0 Å². The second-order valence-electron chi connectivity index (χ2n) is 5.92. The van der Waals surface area contributed by atoms with E-state index in [1.54, 1.807) is 12.1 Å². The molecule has 1 N–H and O–H groups in total. The minimum atomic E-state index is -0.321. The summed E-state index contributed by atoms with van der Waals surface area (Å²) < 4.78 is 0. The molecule has 0 spiro atoms. The molecule has 0 radical (unpaired) electrons. The number of hydrogen-bond donors (Lipinski definition) is 1. The third kappa shape index (κ3) is 5.10. The van der Waals surface area contributed by atoms with E-state index in [0.29, 0.717) is 18.6 Å². The van der Waals surface area contributed by atoms with Crippen LogP contribution >= 0.6 is 0 Å². The quantitative estimate of drug-likeness (QED) is 0.454. The first kappa shape index (κ1) is 17.6. The highest BCUT2D eigenvalue weighted by Crippen LogP contribution is 2.20. The van der Waals surface area contributed by atoms with Crippen molar-refractivity contribution in [3.8, 4) is 0 Å². The first-order chi connectivity index (χ1) is 9.84. The van der Waals surface area contributed by atoms with Crippen LogP contribution in [0, 0.1) is 17.0 Å². The molecule has 0 aliphatic heterocycles. The molecule has 0 saturated heterocycles. The molecule has 0 fully saturated rings. The van der Waals surface area contributed by atoms with Crippen LogP contribution in [0.15, 0.2) is 18.2 Å². The van der Waals surface area contributed by atoms with Crippen molar-refractivity contribution in [1.29, 1.82) is 0 Å². The van der Waals surface area contributed by atoms with E-state index in [2.05, 4.69) is 37.9 Å². The number of rotatable bonds is 8. The fourth-order valence-corrected chi connectivity index (χ4v) is 2.60. The van der Waals surface area contributed by atoms with E-state index >= 15 is 0 Å². The first-order valence-electron chi connectivity index (χ1n) is 7.54. The molecule has 118 valence electrons. The topological polar surface area (TPSA) is 58.4 Å². The molecule has 21 heavy (non-hydrogen) atoms. The average Bonchev–Trinajstić information content (AvgIpc) is 2.38. The molecule has 0 aliphatic rings. The van der Waals surface area contributed by atoms with Gasteiger partial charge in [0.15, 0.2) is 0 Å². The summed E-state index contributed by atoms with van der Waals surface area (Å²) in [7, 11) is 0. The molecule has 1 rings (SSSR count). The minimum Gasteiger partial charge on any atom is -0.311 e. The van der Waals surface area contributed by atoms with E-state index in [0.717, 1.165) is 24.2 Å². The highest BCUT2D eigenvalue weighted by atomic mass is 16.6. The van der Waals surface area contributed by atoms with Crippen molar-refractivity contribution < 1.29 is 4.92 Å². The van der Waals surface area contributed by atoms with Gasteiger partial charge in [-0.1, -0.05) is 12.1 Å². The molecule has 5 heteroatoms. The Morgan fingerprint density at radius 3 is 2.38 bits per heavy atom. The second-order valence-corrected chi connectivity index (χ2v) is 5.92. The van der Waals surface area contributed by atoms with Crippen LogP contribution in [0.1, 0.15) is 38.8 Å². The number of nitrogens with one attached hydrogen (secondary N) is 1. The molecular formula is C16H27N3O2. The van der Waals surface area contributed by atoms with E-state index in [-0.39, 0.29) is 10.6 Å².